The fraction of sp³-hybridized carbons (Fsp3) is 0.385. The summed E-state index contributed by atoms with van der Waals surface area (Å²) < 4.78 is 5.31. The molecule has 6 heteroatoms. The molecule has 0 fully saturated rings. The highest BCUT2D eigenvalue weighted by Crippen LogP contribution is 2.18. The predicted octanol–water partition coefficient (Wildman–Crippen LogP) is 2.10. The maximum Gasteiger partial charge on any atom is 0.414 e. The zero-order chi connectivity index (χ0) is 13.9. The van der Waals surface area contributed by atoms with E-state index in [1.807, 2.05) is 20.8 Å². The van der Waals surface area contributed by atoms with Gasteiger partial charge in [0.25, 0.3) is 0 Å². The van der Waals surface area contributed by atoms with Crippen molar-refractivity contribution in [1.82, 2.24) is 14.9 Å². The molecule has 1 aliphatic rings. The van der Waals surface area contributed by atoms with Crippen molar-refractivity contribution in [2.75, 3.05) is 6.54 Å². The van der Waals surface area contributed by atoms with Crippen molar-refractivity contribution < 1.29 is 9.53 Å². The summed E-state index contributed by atoms with van der Waals surface area (Å²) in [6, 6.07) is 0. The minimum atomic E-state index is -0.522. The maximum absolute atomic E-state index is 12.0. The van der Waals surface area contributed by atoms with Gasteiger partial charge >= 0.3 is 6.09 Å². The number of ether oxygens (including phenoxy) is 1. The molecule has 2 heterocycles. The molecule has 1 aromatic heterocycles. The third kappa shape index (κ3) is 3.61. The largest absolute Gasteiger partial charge is 0.443 e. The highest BCUT2D eigenvalue weighted by atomic mass is 16.6. The van der Waals surface area contributed by atoms with E-state index in [0.717, 1.165) is 0 Å². The average Bonchev–Trinajstić information content (AvgIpc) is 2.38. The molecule has 0 aromatic carbocycles. The second-order valence-electron chi connectivity index (χ2n) is 5.05. The van der Waals surface area contributed by atoms with Crippen LogP contribution in [0.1, 0.15) is 26.5 Å². The van der Waals surface area contributed by atoms with Crippen LogP contribution in [0.2, 0.25) is 0 Å². The highest BCUT2D eigenvalue weighted by Gasteiger charge is 2.22. The Kier molecular flexibility index (Phi) is 3.59. The van der Waals surface area contributed by atoms with Crippen LogP contribution in [0.25, 0.3) is 5.70 Å². The van der Waals surface area contributed by atoms with E-state index in [-0.39, 0.29) is 0 Å². The lowest BCUT2D eigenvalue weighted by atomic mass is 10.2. The van der Waals surface area contributed by atoms with Gasteiger partial charge in [0.1, 0.15) is 17.0 Å². The van der Waals surface area contributed by atoms with E-state index in [1.165, 1.54) is 4.90 Å². The van der Waals surface area contributed by atoms with Crippen molar-refractivity contribution in [3.05, 3.63) is 30.5 Å². The molecule has 0 unspecified atom stereocenters. The van der Waals surface area contributed by atoms with E-state index < -0.39 is 11.7 Å². The molecular formula is C13H16N4O2. The molecule has 0 aliphatic carbocycles. The van der Waals surface area contributed by atoms with Crippen LogP contribution in [-0.4, -0.2) is 39.3 Å². The lowest BCUT2D eigenvalue weighted by Gasteiger charge is -2.25. The minimum Gasteiger partial charge on any atom is -0.443 e. The van der Waals surface area contributed by atoms with Gasteiger partial charge in [0.2, 0.25) is 0 Å². The molecule has 0 atom stereocenters. The van der Waals surface area contributed by atoms with Crippen LogP contribution in [0.3, 0.4) is 0 Å². The van der Waals surface area contributed by atoms with Gasteiger partial charge in [-0.05, 0) is 20.8 Å². The quantitative estimate of drug-likeness (QED) is 0.775. The number of aromatic nitrogens is 2. The van der Waals surface area contributed by atoms with Crippen molar-refractivity contribution >= 4 is 18.0 Å². The van der Waals surface area contributed by atoms with Gasteiger partial charge in [0.05, 0.1) is 12.7 Å². The molecule has 19 heavy (non-hydrogen) atoms. The summed E-state index contributed by atoms with van der Waals surface area (Å²) >= 11 is 0. The molecule has 100 valence electrons. The lowest BCUT2D eigenvalue weighted by molar-refractivity contribution is 0.0357. The fourth-order valence-corrected chi connectivity index (χ4v) is 1.47. The Balaban J connectivity index is 2.15. The minimum absolute atomic E-state index is 0.388. The molecule has 1 aromatic rings. The number of carbonyl (C=O) groups excluding carboxylic acids is 1. The molecule has 0 radical (unpaired) electrons. The van der Waals surface area contributed by atoms with E-state index in [1.54, 1.807) is 31.0 Å². The van der Waals surface area contributed by atoms with Gasteiger partial charge in [-0.1, -0.05) is 0 Å². The van der Waals surface area contributed by atoms with Crippen molar-refractivity contribution in [2.45, 2.75) is 26.4 Å². The van der Waals surface area contributed by atoms with Crippen molar-refractivity contribution in [3.63, 3.8) is 0 Å². The molecule has 1 aliphatic heterocycles. The van der Waals surface area contributed by atoms with E-state index >= 15 is 0 Å². The first kappa shape index (κ1) is 13.2. The summed E-state index contributed by atoms with van der Waals surface area (Å²) in [5, 5.41) is 0. The highest BCUT2D eigenvalue weighted by molar-refractivity contribution is 5.82. The number of hydrogen-bond donors (Lipinski definition) is 0. The number of rotatable bonds is 1. The van der Waals surface area contributed by atoms with Gasteiger partial charge in [-0.25, -0.2) is 4.79 Å². The van der Waals surface area contributed by atoms with E-state index in [4.69, 9.17) is 4.74 Å². The van der Waals surface area contributed by atoms with Gasteiger partial charge < -0.3 is 4.74 Å². The van der Waals surface area contributed by atoms with Crippen LogP contribution in [0.15, 0.2) is 29.8 Å². The third-order valence-corrected chi connectivity index (χ3v) is 2.24. The van der Waals surface area contributed by atoms with E-state index in [9.17, 15) is 4.79 Å². The monoisotopic (exact) mass is 260 g/mol. The Hall–Kier alpha value is -2.24. The van der Waals surface area contributed by atoms with Crippen molar-refractivity contribution in [2.24, 2.45) is 4.99 Å². The number of hydrogen-bond acceptors (Lipinski definition) is 5. The SMILES string of the molecule is CC(C)(C)OC(=O)N1C=C(c2cnccn2)N=CC1. The number of aliphatic imine (C=N–C) groups is 1. The second kappa shape index (κ2) is 5.17. The van der Waals surface area contributed by atoms with Gasteiger partial charge in [0.15, 0.2) is 0 Å². The van der Waals surface area contributed by atoms with Gasteiger partial charge in [-0.2, -0.15) is 0 Å². The first-order chi connectivity index (χ1) is 8.96. The Morgan fingerprint density at radius 1 is 1.37 bits per heavy atom. The average molecular weight is 260 g/mol. The summed E-state index contributed by atoms with van der Waals surface area (Å²) in [4.78, 5) is 25.8. The summed E-state index contributed by atoms with van der Waals surface area (Å²) in [6.45, 7) is 5.88. The first-order valence-corrected chi connectivity index (χ1v) is 5.96. The molecule has 0 bridgehead atoms. The molecule has 0 saturated heterocycles. The molecule has 0 saturated carbocycles. The fourth-order valence-electron chi connectivity index (χ4n) is 1.47. The Labute approximate surface area is 111 Å². The van der Waals surface area contributed by atoms with Crippen LogP contribution in [0.4, 0.5) is 4.79 Å². The number of carbonyl (C=O) groups is 1. The summed E-state index contributed by atoms with van der Waals surface area (Å²) in [6.07, 6.45) is 7.63. The maximum atomic E-state index is 12.0. The van der Waals surface area contributed by atoms with E-state index in [2.05, 4.69) is 15.0 Å². The van der Waals surface area contributed by atoms with Crippen LogP contribution in [0, 0.1) is 0 Å². The Bertz CT molecular complexity index is 517. The number of nitrogens with zero attached hydrogens (tertiary/aromatic N) is 4. The summed E-state index contributed by atoms with van der Waals surface area (Å²) in [5.41, 5.74) is 0.684. The lowest BCUT2D eigenvalue weighted by Crippen LogP contribution is -2.35. The molecule has 2 rings (SSSR count). The van der Waals surface area contributed by atoms with Gasteiger partial charge in [-0.15, -0.1) is 0 Å². The Morgan fingerprint density at radius 3 is 2.79 bits per heavy atom. The molecule has 0 spiro atoms. The van der Waals surface area contributed by atoms with Crippen LogP contribution < -0.4 is 0 Å². The zero-order valence-corrected chi connectivity index (χ0v) is 11.2. The zero-order valence-electron chi connectivity index (χ0n) is 11.2. The molecular weight excluding hydrogens is 244 g/mol. The number of amides is 1. The van der Waals surface area contributed by atoms with Crippen LogP contribution in [0.5, 0.6) is 0 Å². The first-order valence-electron chi connectivity index (χ1n) is 5.96. The van der Waals surface area contributed by atoms with Crippen LogP contribution >= 0.6 is 0 Å². The third-order valence-electron chi connectivity index (χ3n) is 2.24. The van der Waals surface area contributed by atoms with Gasteiger partial charge in [0, 0.05) is 24.8 Å². The molecule has 1 amide bonds. The van der Waals surface area contributed by atoms with Crippen molar-refractivity contribution in [3.8, 4) is 0 Å². The predicted molar refractivity (Wildman–Crippen MR) is 71.4 cm³/mol. The standard InChI is InChI=1S/C13H16N4O2/c1-13(2,3)19-12(18)17-7-6-16-11(9-17)10-8-14-4-5-15-10/h4-6,8-9H,7H2,1-3H3. The summed E-state index contributed by atoms with van der Waals surface area (Å²) in [5.74, 6) is 0. The Morgan fingerprint density at radius 2 is 2.16 bits per heavy atom. The molecule has 6 nitrogen and oxygen atoms in total. The topological polar surface area (TPSA) is 67.7 Å². The van der Waals surface area contributed by atoms with E-state index in [0.29, 0.717) is 17.9 Å². The normalized spacial score (nSPS) is 15.1. The molecule has 0 N–H and O–H groups in total. The van der Waals surface area contributed by atoms with Crippen LogP contribution in [-0.2, 0) is 4.74 Å². The second-order valence-corrected chi connectivity index (χ2v) is 5.05. The van der Waals surface area contributed by atoms with Crippen molar-refractivity contribution in [1.29, 1.82) is 0 Å². The summed E-state index contributed by atoms with van der Waals surface area (Å²) in [7, 11) is 0. The smallest absolute Gasteiger partial charge is 0.414 e. The van der Waals surface area contributed by atoms with Gasteiger partial charge in [-0.3, -0.25) is 19.9 Å².